The Morgan fingerprint density at radius 3 is 2.50 bits per heavy atom. The molecule has 2 N–H and O–H groups in total. The van der Waals surface area contributed by atoms with Gasteiger partial charge in [0.05, 0.1) is 0 Å². The monoisotopic (exact) mass is 303 g/mol. The van der Waals surface area contributed by atoms with Crippen LogP contribution in [-0.4, -0.2) is 46.8 Å². The maximum atomic E-state index is 11.7. The van der Waals surface area contributed by atoms with Crippen molar-refractivity contribution in [2.24, 2.45) is 11.8 Å². The lowest BCUT2D eigenvalue weighted by atomic mass is 9.80. The predicted octanol–water partition coefficient (Wildman–Crippen LogP) is 2.34. The second kappa shape index (κ2) is 6.80. The summed E-state index contributed by atoms with van der Waals surface area (Å²) >= 11 is 0. The maximum Gasteiger partial charge on any atom is 0.320 e. The quantitative estimate of drug-likeness (QED) is 0.847. The minimum Gasteiger partial charge on any atom is -0.480 e. The molecule has 3 rings (SSSR count). The first-order valence-corrected chi connectivity index (χ1v) is 8.31. The average molecular weight is 303 g/mol. The van der Waals surface area contributed by atoms with Crippen molar-refractivity contribution in [1.29, 1.82) is 0 Å². The fraction of sp³-hybridized carbons (Fsp3) is 0.611. The summed E-state index contributed by atoms with van der Waals surface area (Å²) in [5, 5.41) is 19.3. The number of aliphatic hydroxyl groups is 1. The van der Waals surface area contributed by atoms with Crippen LogP contribution in [0.5, 0.6) is 0 Å². The van der Waals surface area contributed by atoms with Crippen LogP contribution in [0.4, 0.5) is 0 Å². The van der Waals surface area contributed by atoms with Crippen LogP contribution in [0.15, 0.2) is 30.3 Å². The van der Waals surface area contributed by atoms with Gasteiger partial charge in [0.2, 0.25) is 0 Å². The molecular weight excluding hydrogens is 278 g/mol. The fourth-order valence-corrected chi connectivity index (χ4v) is 3.87. The highest BCUT2D eigenvalue weighted by Crippen LogP contribution is 2.37. The molecule has 2 fully saturated rings. The summed E-state index contributed by atoms with van der Waals surface area (Å²) < 4.78 is 0. The van der Waals surface area contributed by atoms with E-state index in [1.807, 2.05) is 18.2 Å². The Kier molecular flexibility index (Phi) is 4.79. The summed E-state index contributed by atoms with van der Waals surface area (Å²) in [6.07, 6.45) is 4.34. The molecule has 1 aromatic rings. The number of hydrogen-bond acceptors (Lipinski definition) is 3. The van der Waals surface area contributed by atoms with E-state index in [9.17, 15) is 15.0 Å². The number of carboxylic acids is 1. The van der Waals surface area contributed by atoms with Gasteiger partial charge in [-0.25, -0.2) is 0 Å². The average Bonchev–Trinajstić information content (AvgIpc) is 2.90. The van der Waals surface area contributed by atoms with E-state index in [1.54, 1.807) is 0 Å². The molecule has 0 bridgehead atoms. The van der Waals surface area contributed by atoms with Gasteiger partial charge in [-0.1, -0.05) is 49.6 Å². The summed E-state index contributed by atoms with van der Waals surface area (Å²) in [7, 11) is 0. The highest BCUT2D eigenvalue weighted by atomic mass is 16.4. The number of carboxylic acid groups (broad SMARTS) is 1. The molecule has 0 spiro atoms. The lowest BCUT2D eigenvalue weighted by Crippen LogP contribution is -2.42. The van der Waals surface area contributed by atoms with Crippen molar-refractivity contribution >= 4 is 5.97 Å². The van der Waals surface area contributed by atoms with Gasteiger partial charge in [-0.3, -0.25) is 9.69 Å². The lowest BCUT2D eigenvalue weighted by Gasteiger charge is -2.32. The van der Waals surface area contributed by atoms with E-state index in [2.05, 4.69) is 17.0 Å². The van der Waals surface area contributed by atoms with Crippen molar-refractivity contribution in [2.45, 2.75) is 37.6 Å². The molecule has 2 aliphatic rings. The Labute approximate surface area is 131 Å². The standard InChI is InChI=1S/C18H25NO3/c20-12-15-10-19(11-16(15)14-7-2-1-3-8-14)17(18(21)22)9-13-5-4-6-13/h1-3,7-8,13,15-17,20H,4-6,9-12H2,(H,21,22)/t15?,16?,17-/m1/s1. The van der Waals surface area contributed by atoms with Gasteiger partial charge in [-0.2, -0.15) is 0 Å². The van der Waals surface area contributed by atoms with E-state index in [1.165, 1.54) is 24.8 Å². The molecule has 0 aromatic heterocycles. The molecule has 1 aromatic carbocycles. The second-order valence-electron chi connectivity index (χ2n) is 6.80. The molecule has 1 aliphatic heterocycles. The molecular formula is C18H25NO3. The van der Waals surface area contributed by atoms with Gasteiger partial charge in [0, 0.05) is 31.5 Å². The molecule has 4 nitrogen and oxygen atoms in total. The van der Waals surface area contributed by atoms with E-state index >= 15 is 0 Å². The maximum absolute atomic E-state index is 11.7. The Morgan fingerprint density at radius 2 is 1.95 bits per heavy atom. The van der Waals surface area contributed by atoms with Crippen LogP contribution >= 0.6 is 0 Å². The van der Waals surface area contributed by atoms with Crippen molar-refractivity contribution in [3.8, 4) is 0 Å². The number of aliphatic carboxylic acids is 1. The zero-order valence-corrected chi connectivity index (χ0v) is 12.9. The van der Waals surface area contributed by atoms with Crippen molar-refractivity contribution in [3.05, 3.63) is 35.9 Å². The van der Waals surface area contributed by atoms with Crippen LogP contribution in [0.1, 0.15) is 37.2 Å². The Morgan fingerprint density at radius 1 is 1.23 bits per heavy atom. The van der Waals surface area contributed by atoms with Crippen LogP contribution < -0.4 is 0 Å². The first-order chi connectivity index (χ1) is 10.7. The number of nitrogens with zero attached hydrogens (tertiary/aromatic N) is 1. The Bertz CT molecular complexity index is 500. The van der Waals surface area contributed by atoms with Crippen molar-refractivity contribution in [1.82, 2.24) is 4.90 Å². The lowest BCUT2D eigenvalue weighted by molar-refractivity contribution is -0.144. The van der Waals surface area contributed by atoms with Gasteiger partial charge in [0.1, 0.15) is 6.04 Å². The van der Waals surface area contributed by atoms with Crippen LogP contribution in [0, 0.1) is 11.8 Å². The molecule has 1 saturated heterocycles. The summed E-state index contributed by atoms with van der Waals surface area (Å²) in [5.74, 6) is 0.224. The molecule has 0 amide bonds. The third-order valence-corrected chi connectivity index (χ3v) is 5.44. The topological polar surface area (TPSA) is 60.8 Å². The van der Waals surface area contributed by atoms with Crippen LogP contribution in [0.3, 0.4) is 0 Å². The van der Waals surface area contributed by atoms with Crippen LogP contribution in [-0.2, 0) is 4.79 Å². The van der Waals surface area contributed by atoms with E-state index in [0.717, 1.165) is 13.0 Å². The fourth-order valence-electron chi connectivity index (χ4n) is 3.87. The van der Waals surface area contributed by atoms with Crippen molar-refractivity contribution in [2.75, 3.05) is 19.7 Å². The summed E-state index contributed by atoms with van der Waals surface area (Å²) in [6.45, 7) is 1.53. The molecule has 1 aliphatic carbocycles. The number of hydrogen-bond donors (Lipinski definition) is 2. The largest absolute Gasteiger partial charge is 0.480 e. The van der Waals surface area contributed by atoms with Crippen molar-refractivity contribution in [3.63, 3.8) is 0 Å². The summed E-state index contributed by atoms with van der Waals surface area (Å²) in [4.78, 5) is 13.8. The molecule has 1 heterocycles. The van der Waals surface area contributed by atoms with E-state index in [0.29, 0.717) is 12.5 Å². The van der Waals surface area contributed by atoms with Gasteiger partial charge < -0.3 is 10.2 Å². The zero-order chi connectivity index (χ0) is 15.5. The molecule has 4 heteroatoms. The second-order valence-corrected chi connectivity index (χ2v) is 6.80. The normalized spacial score (nSPS) is 27.5. The van der Waals surface area contributed by atoms with Gasteiger partial charge in [-0.15, -0.1) is 0 Å². The smallest absolute Gasteiger partial charge is 0.320 e. The zero-order valence-electron chi connectivity index (χ0n) is 12.9. The number of carbonyl (C=O) groups is 1. The SMILES string of the molecule is O=C(O)[C@@H](CC1CCC1)N1CC(CO)C(c2ccccc2)C1. The Hall–Kier alpha value is -1.39. The molecule has 1 saturated carbocycles. The van der Waals surface area contributed by atoms with Gasteiger partial charge >= 0.3 is 5.97 Å². The van der Waals surface area contributed by atoms with Crippen molar-refractivity contribution < 1.29 is 15.0 Å². The minimum atomic E-state index is -0.711. The van der Waals surface area contributed by atoms with Crippen LogP contribution in [0.25, 0.3) is 0 Å². The number of aliphatic hydroxyl groups excluding tert-OH is 1. The number of rotatable bonds is 6. The highest BCUT2D eigenvalue weighted by molar-refractivity contribution is 5.73. The number of benzene rings is 1. The van der Waals surface area contributed by atoms with E-state index < -0.39 is 12.0 Å². The number of likely N-dealkylation sites (tertiary alicyclic amines) is 1. The molecule has 2 unspecified atom stereocenters. The van der Waals surface area contributed by atoms with Gasteiger partial charge in [0.25, 0.3) is 0 Å². The molecule has 120 valence electrons. The van der Waals surface area contributed by atoms with E-state index in [4.69, 9.17) is 0 Å². The first-order valence-electron chi connectivity index (χ1n) is 8.31. The molecule has 22 heavy (non-hydrogen) atoms. The molecule has 3 atom stereocenters. The predicted molar refractivity (Wildman–Crippen MR) is 84.7 cm³/mol. The minimum absolute atomic E-state index is 0.117. The van der Waals surface area contributed by atoms with E-state index in [-0.39, 0.29) is 18.4 Å². The summed E-state index contributed by atoms with van der Waals surface area (Å²) in [6, 6.07) is 9.77. The third-order valence-electron chi connectivity index (χ3n) is 5.44. The first kappa shape index (κ1) is 15.5. The third kappa shape index (κ3) is 3.18. The van der Waals surface area contributed by atoms with Gasteiger partial charge in [-0.05, 0) is 17.9 Å². The highest BCUT2D eigenvalue weighted by Gasteiger charge is 2.40. The molecule has 0 radical (unpaired) electrons. The Balaban J connectivity index is 1.72. The van der Waals surface area contributed by atoms with Crippen LogP contribution in [0.2, 0.25) is 0 Å². The van der Waals surface area contributed by atoms with Gasteiger partial charge in [0.15, 0.2) is 0 Å². The summed E-state index contributed by atoms with van der Waals surface area (Å²) in [5.41, 5.74) is 1.21.